The van der Waals surface area contributed by atoms with Gasteiger partial charge in [0, 0.05) is 30.5 Å². The molecule has 0 unspecified atom stereocenters. The molecule has 0 radical (unpaired) electrons. The monoisotopic (exact) mass is 296 g/mol. The normalized spacial score (nSPS) is 9.68. The fourth-order valence-corrected chi connectivity index (χ4v) is 2.13. The molecule has 0 aliphatic rings. The Balaban J connectivity index is 2.85. The summed E-state index contributed by atoms with van der Waals surface area (Å²) < 4.78 is 0. The van der Waals surface area contributed by atoms with E-state index in [1.54, 1.807) is 41.9 Å². The van der Waals surface area contributed by atoms with E-state index in [2.05, 4.69) is 11.8 Å². The molecule has 1 aromatic carbocycles. The van der Waals surface area contributed by atoms with Gasteiger partial charge in [-0.15, -0.1) is 0 Å². The van der Waals surface area contributed by atoms with Crippen LogP contribution in [0, 0.1) is 11.8 Å². The van der Waals surface area contributed by atoms with E-state index in [9.17, 15) is 4.79 Å². The fourth-order valence-electron chi connectivity index (χ4n) is 1.45. The lowest BCUT2D eigenvalue weighted by Crippen LogP contribution is -2.28. The zero-order chi connectivity index (χ0) is 14.3. The van der Waals surface area contributed by atoms with Crippen LogP contribution in [-0.2, 0) is 0 Å². The van der Waals surface area contributed by atoms with Crippen molar-refractivity contribution in [2.45, 2.75) is 0 Å². The zero-order valence-electron chi connectivity index (χ0n) is 11.1. The zero-order valence-corrected chi connectivity index (χ0v) is 12.6. The van der Waals surface area contributed by atoms with E-state index in [1.165, 1.54) is 0 Å². The van der Waals surface area contributed by atoms with Crippen molar-refractivity contribution < 1.29 is 4.79 Å². The summed E-state index contributed by atoms with van der Waals surface area (Å²) >= 11 is 7.81. The Hall–Kier alpha value is -1.15. The molecule has 5 heteroatoms. The summed E-state index contributed by atoms with van der Waals surface area (Å²) in [6.07, 6.45) is 2.01. The molecule has 19 heavy (non-hydrogen) atoms. The summed E-state index contributed by atoms with van der Waals surface area (Å²) in [4.78, 5) is 13.8. The number of hydrogen-bond donors (Lipinski definition) is 1. The maximum atomic E-state index is 12.1. The molecular formula is C14H17ClN2OS. The number of halogens is 1. The van der Waals surface area contributed by atoms with Gasteiger partial charge in [0.05, 0.1) is 11.6 Å². The van der Waals surface area contributed by atoms with Crippen LogP contribution in [0.3, 0.4) is 0 Å². The number of nitrogens with zero attached hydrogens (tertiary/aromatic N) is 1. The third-order valence-electron chi connectivity index (χ3n) is 2.52. The van der Waals surface area contributed by atoms with Crippen molar-refractivity contribution in [2.75, 3.05) is 32.1 Å². The molecule has 0 aliphatic carbocycles. The lowest BCUT2D eigenvalue weighted by Gasteiger charge is -2.16. The van der Waals surface area contributed by atoms with Gasteiger partial charge in [0.15, 0.2) is 0 Å². The summed E-state index contributed by atoms with van der Waals surface area (Å²) in [7, 11) is 1.79. The maximum Gasteiger partial charge on any atom is 0.253 e. The largest absolute Gasteiger partial charge is 0.341 e. The van der Waals surface area contributed by atoms with Crippen molar-refractivity contribution in [3.63, 3.8) is 0 Å². The Morgan fingerprint density at radius 1 is 1.53 bits per heavy atom. The summed E-state index contributed by atoms with van der Waals surface area (Å²) in [5.74, 6) is 6.49. The number of nitrogens with two attached hydrogens (primary N) is 1. The topological polar surface area (TPSA) is 46.3 Å². The quantitative estimate of drug-likeness (QED) is 0.866. The molecule has 0 fully saturated rings. The highest BCUT2D eigenvalue weighted by Gasteiger charge is 2.12. The Morgan fingerprint density at radius 3 is 2.84 bits per heavy atom. The van der Waals surface area contributed by atoms with Gasteiger partial charge in [-0.1, -0.05) is 23.4 Å². The van der Waals surface area contributed by atoms with Gasteiger partial charge in [-0.2, -0.15) is 11.8 Å². The number of rotatable bonds is 4. The van der Waals surface area contributed by atoms with Crippen LogP contribution in [0.25, 0.3) is 0 Å². The smallest absolute Gasteiger partial charge is 0.253 e. The van der Waals surface area contributed by atoms with Crippen molar-refractivity contribution in [3.05, 3.63) is 34.3 Å². The van der Waals surface area contributed by atoms with Gasteiger partial charge in [-0.25, -0.2) is 0 Å². The first-order valence-corrected chi connectivity index (χ1v) is 7.60. The fraction of sp³-hybridized carbons (Fsp3) is 0.357. The highest BCUT2D eigenvalue weighted by atomic mass is 35.5. The molecule has 2 N–H and O–H groups in total. The molecule has 0 saturated heterocycles. The standard InChI is InChI=1S/C14H17ClN2OS/c1-17(8-9-19-2)14(18)12-6-5-11(4-3-7-16)13(15)10-12/h5-6,10H,7-9,16H2,1-2H3. The van der Waals surface area contributed by atoms with Crippen LogP contribution in [0.5, 0.6) is 0 Å². The first kappa shape index (κ1) is 15.9. The summed E-state index contributed by atoms with van der Waals surface area (Å²) in [6, 6.07) is 5.14. The van der Waals surface area contributed by atoms with Crippen LogP contribution >= 0.6 is 23.4 Å². The predicted octanol–water partition coefficient (Wildman–Crippen LogP) is 2.09. The van der Waals surface area contributed by atoms with Gasteiger partial charge in [-0.3, -0.25) is 4.79 Å². The summed E-state index contributed by atoms with van der Waals surface area (Å²) in [6.45, 7) is 1.00. The van der Waals surface area contributed by atoms with Crippen molar-refractivity contribution in [3.8, 4) is 11.8 Å². The van der Waals surface area contributed by atoms with Crippen molar-refractivity contribution in [1.29, 1.82) is 0 Å². The molecule has 0 atom stereocenters. The minimum absolute atomic E-state index is 0.0331. The first-order valence-electron chi connectivity index (χ1n) is 5.83. The molecular weight excluding hydrogens is 280 g/mol. The van der Waals surface area contributed by atoms with Crippen LogP contribution in [0.1, 0.15) is 15.9 Å². The molecule has 1 aromatic rings. The van der Waals surface area contributed by atoms with Crippen LogP contribution in [0.4, 0.5) is 0 Å². The number of carbonyl (C=O) groups excluding carboxylic acids is 1. The van der Waals surface area contributed by atoms with Crippen molar-refractivity contribution in [2.24, 2.45) is 5.73 Å². The average Bonchev–Trinajstić information content (AvgIpc) is 2.42. The molecule has 0 saturated carbocycles. The van der Waals surface area contributed by atoms with E-state index in [1.807, 2.05) is 6.26 Å². The van der Waals surface area contributed by atoms with Crippen LogP contribution in [0.2, 0.25) is 5.02 Å². The minimum Gasteiger partial charge on any atom is -0.341 e. The molecule has 0 bridgehead atoms. The van der Waals surface area contributed by atoms with E-state index in [0.29, 0.717) is 22.7 Å². The predicted molar refractivity (Wildman–Crippen MR) is 82.7 cm³/mol. The number of thioether (sulfide) groups is 1. The second kappa shape index (κ2) is 8.11. The Bertz CT molecular complexity index is 508. The third kappa shape index (κ3) is 4.79. The van der Waals surface area contributed by atoms with E-state index in [4.69, 9.17) is 17.3 Å². The molecule has 1 amide bonds. The van der Waals surface area contributed by atoms with Crippen LogP contribution in [0.15, 0.2) is 18.2 Å². The van der Waals surface area contributed by atoms with Crippen LogP contribution in [-0.4, -0.2) is 43.0 Å². The molecule has 0 spiro atoms. The van der Waals surface area contributed by atoms with Crippen LogP contribution < -0.4 is 5.73 Å². The van der Waals surface area contributed by atoms with E-state index < -0.39 is 0 Å². The molecule has 102 valence electrons. The molecule has 0 heterocycles. The van der Waals surface area contributed by atoms with Gasteiger partial charge in [0.25, 0.3) is 5.91 Å². The number of hydrogen-bond acceptors (Lipinski definition) is 3. The van der Waals surface area contributed by atoms with Gasteiger partial charge in [0.1, 0.15) is 0 Å². The number of carbonyl (C=O) groups is 1. The molecule has 3 nitrogen and oxygen atoms in total. The second-order valence-electron chi connectivity index (χ2n) is 3.92. The lowest BCUT2D eigenvalue weighted by atomic mass is 10.1. The minimum atomic E-state index is -0.0331. The molecule has 1 rings (SSSR count). The third-order valence-corrected chi connectivity index (χ3v) is 3.42. The molecule has 0 aliphatic heterocycles. The maximum absolute atomic E-state index is 12.1. The highest BCUT2D eigenvalue weighted by Crippen LogP contribution is 2.18. The van der Waals surface area contributed by atoms with Gasteiger partial charge >= 0.3 is 0 Å². The van der Waals surface area contributed by atoms with Crippen molar-refractivity contribution >= 4 is 29.3 Å². The number of benzene rings is 1. The summed E-state index contributed by atoms with van der Waals surface area (Å²) in [5, 5.41) is 0.477. The van der Waals surface area contributed by atoms with E-state index in [0.717, 1.165) is 5.75 Å². The second-order valence-corrected chi connectivity index (χ2v) is 5.31. The van der Waals surface area contributed by atoms with E-state index >= 15 is 0 Å². The Labute approximate surface area is 123 Å². The number of amides is 1. The van der Waals surface area contributed by atoms with Gasteiger partial charge < -0.3 is 10.6 Å². The summed E-state index contributed by atoms with van der Waals surface area (Å²) in [5.41, 5.74) is 6.58. The highest BCUT2D eigenvalue weighted by molar-refractivity contribution is 7.98. The Kier molecular flexibility index (Phi) is 6.79. The van der Waals surface area contributed by atoms with E-state index in [-0.39, 0.29) is 12.5 Å². The van der Waals surface area contributed by atoms with Gasteiger partial charge in [-0.05, 0) is 24.5 Å². The lowest BCUT2D eigenvalue weighted by molar-refractivity contribution is 0.0804. The Morgan fingerprint density at radius 2 is 2.26 bits per heavy atom. The average molecular weight is 297 g/mol. The first-order chi connectivity index (χ1) is 9.10. The SMILES string of the molecule is CSCCN(C)C(=O)c1ccc(C#CCN)c(Cl)c1. The van der Waals surface area contributed by atoms with Gasteiger partial charge in [0.2, 0.25) is 0 Å². The van der Waals surface area contributed by atoms with Crippen molar-refractivity contribution in [1.82, 2.24) is 4.90 Å². The molecule has 0 aromatic heterocycles.